The third kappa shape index (κ3) is 2.66. The molecule has 15 heavy (non-hydrogen) atoms. The largest absolute Gasteiger partial charge is 0.377 e. The van der Waals surface area contributed by atoms with Gasteiger partial charge < -0.3 is 10.6 Å². The minimum atomic E-state index is -0.389. The van der Waals surface area contributed by atoms with Crippen molar-refractivity contribution >= 4 is 11.4 Å². The van der Waals surface area contributed by atoms with Gasteiger partial charge in [-0.05, 0) is 24.6 Å². The first-order chi connectivity index (χ1) is 7.06. The van der Waals surface area contributed by atoms with Crippen LogP contribution in [0.5, 0.6) is 0 Å². The topological polar surface area (TPSA) is 72.4 Å². The first-order valence-electron chi connectivity index (χ1n) is 4.71. The van der Waals surface area contributed by atoms with Crippen LogP contribution in [-0.4, -0.2) is 25.6 Å². The molecule has 0 heterocycles. The molecule has 0 aromatic heterocycles. The van der Waals surface area contributed by atoms with Crippen LogP contribution in [0.3, 0.4) is 0 Å². The predicted octanol–water partition coefficient (Wildman–Crippen LogP) is 1.16. The number of non-ortho nitro benzene ring substituents is 1. The van der Waals surface area contributed by atoms with Gasteiger partial charge in [-0.3, -0.25) is 10.1 Å². The normalized spacial score (nSPS) is 10.1. The number of nitrogens with zero attached hydrogens (tertiary/aromatic N) is 2. The highest BCUT2D eigenvalue weighted by molar-refractivity contribution is 5.57. The molecule has 0 amide bonds. The molecule has 0 aliphatic carbocycles. The minimum absolute atomic E-state index is 0.115. The molecule has 0 unspecified atom stereocenters. The lowest BCUT2D eigenvalue weighted by molar-refractivity contribution is -0.384. The van der Waals surface area contributed by atoms with Gasteiger partial charge in [0.25, 0.3) is 5.69 Å². The molecule has 0 spiro atoms. The van der Waals surface area contributed by atoms with E-state index in [0.717, 1.165) is 11.3 Å². The smallest absolute Gasteiger partial charge is 0.269 e. The summed E-state index contributed by atoms with van der Waals surface area (Å²) in [6.07, 6.45) is 0.648. The van der Waals surface area contributed by atoms with E-state index >= 15 is 0 Å². The molecule has 5 nitrogen and oxygen atoms in total. The zero-order valence-electron chi connectivity index (χ0n) is 8.93. The van der Waals surface area contributed by atoms with Crippen molar-refractivity contribution in [3.8, 4) is 0 Å². The van der Waals surface area contributed by atoms with Crippen LogP contribution in [0.1, 0.15) is 5.56 Å². The lowest BCUT2D eigenvalue weighted by atomic mass is 10.1. The Morgan fingerprint density at radius 1 is 1.47 bits per heavy atom. The van der Waals surface area contributed by atoms with E-state index in [9.17, 15) is 10.1 Å². The second kappa shape index (κ2) is 4.75. The standard InChI is InChI=1S/C10H15N3O2/c1-12(2)10-4-3-9(13(14)15)7-8(10)5-6-11/h3-4,7H,5-6,11H2,1-2H3. The molecule has 0 bridgehead atoms. The lowest BCUT2D eigenvalue weighted by Crippen LogP contribution is -2.13. The van der Waals surface area contributed by atoms with Gasteiger partial charge in [-0.15, -0.1) is 0 Å². The third-order valence-electron chi connectivity index (χ3n) is 2.17. The van der Waals surface area contributed by atoms with Crippen LogP contribution in [0.2, 0.25) is 0 Å². The molecular formula is C10H15N3O2. The summed E-state index contributed by atoms with van der Waals surface area (Å²) in [5, 5.41) is 10.6. The fourth-order valence-electron chi connectivity index (χ4n) is 1.48. The van der Waals surface area contributed by atoms with Gasteiger partial charge in [0.1, 0.15) is 0 Å². The summed E-state index contributed by atoms with van der Waals surface area (Å²) in [6, 6.07) is 4.85. The van der Waals surface area contributed by atoms with Crippen molar-refractivity contribution in [3.05, 3.63) is 33.9 Å². The molecule has 82 valence electrons. The summed E-state index contributed by atoms with van der Waals surface area (Å²) in [7, 11) is 3.81. The quantitative estimate of drug-likeness (QED) is 0.596. The van der Waals surface area contributed by atoms with Crippen molar-refractivity contribution < 1.29 is 4.92 Å². The molecule has 1 aromatic carbocycles. The zero-order chi connectivity index (χ0) is 11.4. The molecule has 0 aliphatic rings. The molecule has 2 N–H and O–H groups in total. The molecule has 1 aromatic rings. The van der Waals surface area contributed by atoms with Crippen LogP contribution >= 0.6 is 0 Å². The summed E-state index contributed by atoms with van der Waals surface area (Å²) in [5.41, 5.74) is 7.47. The predicted molar refractivity (Wildman–Crippen MR) is 60.2 cm³/mol. The van der Waals surface area contributed by atoms with Crippen molar-refractivity contribution in [2.24, 2.45) is 5.73 Å². The Hall–Kier alpha value is -1.62. The van der Waals surface area contributed by atoms with E-state index in [1.165, 1.54) is 6.07 Å². The van der Waals surface area contributed by atoms with E-state index in [1.807, 2.05) is 19.0 Å². The summed E-state index contributed by atoms with van der Waals surface area (Å²) in [4.78, 5) is 12.1. The number of benzene rings is 1. The molecule has 0 saturated heterocycles. The van der Waals surface area contributed by atoms with Gasteiger partial charge in [-0.1, -0.05) is 0 Å². The van der Waals surface area contributed by atoms with Gasteiger partial charge in [0, 0.05) is 31.9 Å². The SMILES string of the molecule is CN(C)c1ccc([N+](=O)[O-])cc1CCN. The maximum absolute atomic E-state index is 10.6. The van der Waals surface area contributed by atoms with Crippen LogP contribution in [0, 0.1) is 10.1 Å². The monoisotopic (exact) mass is 209 g/mol. The molecule has 1 rings (SSSR count). The number of nitro groups is 1. The number of nitro benzene ring substituents is 1. The van der Waals surface area contributed by atoms with Crippen molar-refractivity contribution in [2.75, 3.05) is 25.5 Å². The number of hydrogen-bond donors (Lipinski definition) is 1. The van der Waals surface area contributed by atoms with Gasteiger partial charge >= 0.3 is 0 Å². The van der Waals surface area contributed by atoms with Gasteiger partial charge in [0.15, 0.2) is 0 Å². The van der Waals surface area contributed by atoms with E-state index in [2.05, 4.69) is 0 Å². The molecule has 0 fully saturated rings. The second-order valence-corrected chi connectivity index (χ2v) is 3.50. The highest BCUT2D eigenvalue weighted by Crippen LogP contribution is 2.24. The first kappa shape index (κ1) is 11.5. The van der Waals surface area contributed by atoms with Crippen molar-refractivity contribution in [1.29, 1.82) is 0 Å². The van der Waals surface area contributed by atoms with Crippen LogP contribution in [0.25, 0.3) is 0 Å². The van der Waals surface area contributed by atoms with Crippen molar-refractivity contribution in [1.82, 2.24) is 0 Å². The van der Waals surface area contributed by atoms with Crippen LogP contribution in [0.4, 0.5) is 11.4 Å². The summed E-state index contributed by atoms with van der Waals surface area (Å²) in [6.45, 7) is 0.488. The number of nitrogens with two attached hydrogens (primary N) is 1. The molecular weight excluding hydrogens is 194 g/mol. The zero-order valence-corrected chi connectivity index (χ0v) is 8.93. The Balaban J connectivity index is 3.14. The molecule has 0 saturated carbocycles. The number of rotatable bonds is 4. The average molecular weight is 209 g/mol. The Kier molecular flexibility index (Phi) is 3.62. The van der Waals surface area contributed by atoms with E-state index < -0.39 is 0 Å². The fourth-order valence-corrected chi connectivity index (χ4v) is 1.48. The van der Waals surface area contributed by atoms with Crippen LogP contribution < -0.4 is 10.6 Å². The van der Waals surface area contributed by atoms with Crippen molar-refractivity contribution in [3.63, 3.8) is 0 Å². The van der Waals surface area contributed by atoms with Gasteiger partial charge in [-0.2, -0.15) is 0 Å². The maximum atomic E-state index is 10.6. The first-order valence-corrected chi connectivity index (χ1v) is 4.71. The van der Waals surface area contributed by atoms with Crippen molar-refractivity contribution in [2.45, 2.75) is 6.42 Å². The Labute approximate surface area is 88.6 Å². The molecule has 5 heteroatoms. The van der Waals surface area contributed by atoms with Crippen LogP contribution in [0.15, 0.2) is 18.2 Å². The van der Waals surface area contributed by atoms with E-state index in [1.54, 1.807) is 12.1 Å². The maximum Gasteiger partial charge on any atom is 0.269 e. The fraction of sp³-hybridized carbons (Fsp3) is 0.400. The summed E-state index contributed by atoms with van der Waals surface area (Å²) < 4.78 is 0. The summed E-state index contributed by atoms with van der Waals surface area (Å²) >= 11 is 0. The number of hydrogen-bond acceptors (Lipinski definition) is 4. The average Bonchev–Trinajstić information content (AvgIpc) is 2.17. The van der Waals surface area contributed by atoms with E-state index in [4.69, 9.17) is 5.73 Å². The molecule has 0 atom stereocenters. The van der Waals surface area contributed by atoms with E-state index in [-0.39, 0.29) is 10.6 Å². The number of anilines is 1. The van der Waals surface area contributed by atoms with Gasteiger partial charge in [-0.25, -0.2) is 0 Å². The molecule has 0 aliphatic heterocycles. The Morgan fingerprint density at radius 2 is 2.13 bits per heavy atom. The summed E-state index contributed by atoms with van der Waals surface area (Å²) in [5.74, 6) is 0. The van der Waals surface area contributed by atoms with Gasteiger partial charge in [0.05, 0.1) is 4.92 Å². The second-order valence-electron chi connectivity index (χ2n) is 3.50. The Morgan fingerprint density at radius 3 is 2.60 bits per heavy atom. The third-order valence-corrected chi connectivity index (χ3v) is 2.17. The highest BCUT2D eigenvalue weighted by Gasteiger charge is 2.11. The Bertz CT molecular complexity index is 364. The van der Waals surface area contributed by atoms with Crippen LogP contribution in [-0.2, 0) is 6.42 Å². The highest BCUT2D eigenvalue weighted by atomic mass is 16.6. The van der Waals surface area contributed by atoms with E-state index in [0.29, 0.717) is 13.0 Å². The minimum Gasteiger partial charge on any atom is -0.377 e. The van der Waals surface area contributed by atoms with Gasteiger partial charge in [0.2, 0.25) is 0 Å². The molecule has 0 radical (unpaired) electrons. The lowest BCUT2D eigenvalue weighted by Gasteiger charge is -2.16.